The minimum atomic E-state index is -0.900. The number of amides is 1. The van der Waals surface area contributed by atoms with Gasteiger partial charge < -0.3 is 5.32 Å². The second-order valence-corrected chi connectivity index (χ2v) is 5.49. The molecule has 1 atom stereocenters. The lowest BCUT2D eigenvalue weighted by molar-refractivity contribution is -0.126. The van der Waals surface area contributed by atoms with Crippen LogP contribution in [0.3, 0.4) is 0 Å². The van der Waals surface area contributed by atoms with Gasteiger partial charge in [-0.1, -0.05) is 0 Å². The number of hydrogen-bond donors (Lipinski definition) is 1. The molecule has 1 aliphatic rings. The van der Waals surface area contributed by atoms with Gasteiger partial charge in [0, 0.05) is 11.8 Å². The molecule has 1 heterocycles. The maximum atomic E-state index is 11.5. The van der Waals surface area contributed by atoms with Crippen molar-refractivity contribution in [3.8, 4) is 6.07 Å². The monoisotopic (exact) mass is 212 g/mol. The van der Waals surface area contributed by atoms with Crippen molar-refractivity contribution in [1.29, 1.82) is 5.26 Å². The highest BCUT2D eigenvalue weighted by Gasteiger charge is 2.27. The van der Waals surface area contributed by atoms with Gasteiger partial charge in [0.1, 0.15) is 5.41 Å². The van der Waals surface area contributed by atoms with Crippen LogP contribution in [-0.4, -0.2) is 23.5 Å². The van der Waals surface area contributed by atoms with Crippen molar-refractivity contribution in [3.05, 3.63) is 0 Å². The molecule has 1 N–H and O–H groups in total. The van der Waals surface area contributed by atoms with Gasteiger partial charge in [0.2, 0.25) is 5.91 Å². The van der Waals surface area contributed by atoms with Gasteiger partial charge in [0.25, 0.3) is 0 Å². The van der Waals surface area contributed by atoms with Crippen molar-refractivity contribution < 1.29 is 4.79 Å². The molecule has 14 heavy (non-hydrogen) atoms. The molecule has 78 valence electrons. The Kier molecular flexibility index (Phi) is 3.82. The minimum Gasteiger partial charge on any atom is -0.354 e. The zero-order valence-electron chi connectivity index (χ0n) is 8.67. The van der Waals surface area contributed by atoms with E-state index in [9.17, 15) is 4.79 Å². The van der Waals surface area contributed by atoms with Crippen molar-refractivity contribution in [3.63, 3.8) is 0 Å². The van der Waals surface area contributed by atoms with Gasteiger partial charge in [-0.2, -0.15) is 17.0 Å². The normalized spacial score (nSPS) is 21.6. The summed E-state index contributed by atoms with van der Waals surface area (Å²) in [5.74, 6) is 1.04. The molecule has 0 aliphatic carbocycles. The average Bonchev–Trinajstić information content (AvgIpc) is 2.66. The predicted octanol–water partition coefficient (Wildman–Crippen LogP) is 1.55. The van der Waals surface area contributed by atoms with Crippen LogP contribution in [0.15, 0.2) is 0 Å². The van der Waals surface area contributed by atoms with Gasteiger partial charge in [0.15, 0.2) is 0 Å². The number of thioether (sulfide) groups is 1. The summed E-state index contributed by atoms with van der Waals surface area (Å²) in [6, 6.07) is 2.00. The lowest BCUT2D eigenvalue weighted by atomic mass is 9.95. The molecule has 0 bridgehead atoms. The summed E-state index contributed by atoms with van der Waals surface area (Å²) < 4.78 is 0. The van der Waals surface area contributed by atoms with E-state index in [1.54, 1.807) is 13.8 Å². The van der Waals surface area contributed by atoms with E-state index in [4.69, 9.17) is 5.26 Å². The van der Waals surface area contributed by atoms with Gasteiger partial charge in [-0.25, -0.2) is 0 Å². The topological polar surface area (TPSA) is 52.9 Å². The molecular weight excluding hydrogens is 196 g/mol. The lowest BCUT2D eigenvalue weighted by Crippen LogP contribution is -2.38. The fourth-order valence-electron chi connectivity index (χ4n) is 1.28. The molecule has 1 aliphatic heterocycles. The van der Waals surface area contributed by atoms with E-state index in [2.05, 4.69) is 5.32 Å². The third-order valence-corrected chi connectivity index (χ3v) is 3.76. The molecule has 0 aromatic rings. The maximum Gasteiger partial charge on any atom is 0.239 e. The Hall–Kier alpha value is -0.690. The maximum absolute atomic E-state index is 11.5. The van der Waals surface area contributed by atoms with Gasteiger partial charge in [-0.15, -0.1) is 0 Å². The Bertz CT molecular complexity index is 251. The van der Waals surface area contributed by atoms with E-state index in [0.29, 0.717) is 11.8 Å². The molecule has 1 saturated heterocycles. The quantitative estimate of drug-likeness (QED) is 0.772. The third-order valence-electron chi connectivity index (χ3n) is 2.36. The highest BCUT2D eigenvalue weighted by Crippen LogP contribution is 2.25. The first kappa shape index (κ1) is 11.4. The Labute approximate surface area is 89.2 Å². The summed E-state index contributed by atoms with van der Waals surface area (Å²) >= 11 is 1.90. The second-order valence-electron chi connectivity index (χ2n) is 4.08. The summed E-state index contributed by atoms with van der Waals surface area (Å²) in [7, 11) is 0. The molecule has 0 spiro atoms. The van der Waals surface area contributed by atoms with E-state index in [-0.39, 0.29) is 5.91 Å². The minimum absolute atomic E-state index is 0.160. The molecule has 0 saturated carbocycles. The van der Waals surface area contributed by atoms with Crippen LogP contribution in [0.4, 0.5) is 0 Å². The van der Waals surface area contributed by atoms with Gasteiger partial charge >= 0.3 is 0 Å². The first-order valence-corrected chi connectivity index (χ1v) is 5.92. The van der Waals surface area contributed by atoms with Crippen LogP contribution in [0, 0.1) is 16.7 Å². The summed E-state index contributed by atoms with van der Waals surface area (Å²) in [6.07, 6.45) is 2.42. The molecule has 4 heteroatoms. The zero-order valence-corrected chi connectivity index (χ0v) is 9.49. The number of nitrogens with one attached hydrogen (secondary N) is 1. The Morgan fingerprint density at radius 1 is 1.71 bits per heavy atom. The number of nitrogens with zero attached hydrogens (tertiary/aromatic N) is 1. The number of rotatable bonds is 3. The first-order chi connectivity index (χ1) is 6.56. The molecule has 3 nitrogen and oxygen atoms in total. The van der Waals surface area contributed by atoms with Gasteiger partial charge in [0.05, 0.1) is 6.07 Å². The molecule has 1 unspecified atom stereocenters. The van der Waals surface area contributed by atoms with E-state index < -0.39 is 5.41 Å². The molecule has 0 radical (unpaired) electrons. The Morgan fingerprint density at radius 2 is 2.43 bits per heavy atom. The number of hydrogen-bond acceptors (Lipinski definition) is 3. The summed E-state index contributed by atoms with van der Waals surface area (Å²) in [5.41, 5.74) is -0.900. The third kappa shape index (κ3) is 2.91. The largest absolute Gasteiger partial charge is 0.354 e. The predicted molar refractivity (Wildman–Crippen MR) is 57.9 cm³/mol. The van der Waals surface area contributed by atoms with Crippen LogP contribution >= 0.6 is 11.8 Å². The van der Waals surface area contributed by atoms with Gasteiger partial charge in [-0.3, -0.25) is 4.79 Å². The van der Waals surface area contributed by atoms with Crippen molar-refractivity contribution in [2.45, 2.75) is 31.9 Å². The van der Waals surface area contributed by atoms with E-state index in [0.717, 1.165) is 0 Å². The SMILES string of the molecule is CC(C)(C#N)C(=O)NCC1CCCS1. The molecule has 1 amide bonds. The van der Waals surface area contributed by atoms with Crippen LogP contribution < -0.4 is 5.32 Å². The summed E-state index contributed by atoms with van der Waals surface area (Å²) in [4.78, 5) is 11.5. The molecule has 1 fully saturated rings. The second kappa shape index (κ2) is 4.70. The van der Waals surface area contributed by atoms with Gasteiger partial charge in [-0.05, 0) is 32.4 Å². The number of carbonyl (C=O) groups excluding carboxylic acids is 1. The fraction of sp³-hybridized carbons (Fsp3) is 0.800. The fourth-order valence-corrected chi connectivity index (χ4v) is 2.48. The van der Waals surface area contributed by atoms with Crippen molar-refractivity contribution in [2.75, 3.05) is 12.3 Å². The zero-order chi connectivity index (χ0) is 10.6. The van der Waals surface area contributed by atoms with Crippen LogP contribution in [0.2, 0.25) is 0 Å². The number of nitriles is 1. The Morgan fingerprint density at radius 3 is 2.93 bits per heavy atom. The van der Waals surface area contributed by atoms with E-state index >= 15 is 0 Å². The smallest absolute Gasteiger partial charge is 0.239 e. The summed E-state index contributed by atoms with van der Waals surface area (Å²) in [5, 5.41) is 12.1. The van der Waals surface area contributed by atoms with E-state index in [1.165, 1.54) is 18.6 Å². The van der Waals surface area contributed by atoms with Crippen LogP contribution in [0.5, 0.6) is 0 Å². The Balaban J connectivity index is 2.31. The van der Waals surface area contributed by atoms with Crippen LogP contribution in [-0.2, 0) is 4.79 Å². The van der Waals surface area contributed by atoms with Crippen LogP contribution in [0.1, 0.15) is 26.7 Å². The van der Waals surface area contributed by atoms with Crippen LogP contribution in [0.25, 0.3) is 0 Å². The summed E-state index contributed by atoms with van der Waals surface area (Å²) in [6.45, 7) is 3.99. The van der Waals surface area contributed by atoms with Crippen molar-refractivity contribution in [1.82, 2.24) is 5.32 Å². The standard InChI is InChI=1S/C10H16N2OS/c1-10(2,7-11)9(13)12-6-8-4-3-5-14-8/h8H,3-6H2,1-2H3,(H,12,13). The molecule has 0 aromatic heterocycles. The first-order valence-electron chi connectivity index (χ1n) is 4.87. The molecule has 1 rings (SSSR count). The molecular formula is C10H16N2OS. The number of carbonyl (C=O) groups is 1. The highest BCUT2D eigenvalue weighted by atomic mass is 32.2. The van der Waals surface area contributed by atoms with Crippen molar-refractivity contribution >= 4 is 17.7 Å². The van der Waals surface area contributed by atoms with Crippen molar-refractivity contribution in [2.24, 2.45) is 5.41 Å². The highest BCUT2D eigenvalue weighted by molar-refractivity contribution is 8.00. The van der Waals surface area contributed by atoms with E-state index in [1.807, 2.05) is 17.8 Å². The average molecular weight is 212 g/mol. The lowest BCUT2D eigenvalue weighted by Gasteiger charge is -2.16. The molecule has 0 aromatic carbocycles.